The smallest absolute Gasteiger partial charge is 0.227 e. The van der Waals surface area contributed by atoms with Crippen LogP contribution in [0.1, 0.15) is 31.2 Å². The minimum Gasteiger partial charge on any atom is -0.464 e. The van der Waals surface area contributed by atoms with Gasteiger partial charge in [-0.1, -0.05) is 12.8 Å². The molecular weight excluding hydrogens is 250 g/mol. The average Bonchev–Trinajstić information content (AvgIpc) is 3.14. The number of carbonyl (C=O) groups excluding carboxylic acids is 1. The van der Waals surface area contributed by atoms with Gasteiger partial charge in [-0.2, -0.15) is 0 Å². The van der Waals surface area contributed by atoms with Crippen molar-refractivity contribution < 1.29 is 9.21 Å². The predicted molar refractivity (Wildman–Crippen MR) is 79.5 cm³/mol. The van der Waals surface area contributed by atoms with E-state index in [2.05, 4.69) is 5.32 Å². The van der Waals surface area contributed by atoms with Crippen LogP contribution in [0.3, 0.4) is 0 Å². The molecule has 1 N–H and O–H groups in total. The number of anilines is 1. The Labute approximate surface area is 119 Å². The van der Waals surface area contributed by atoms with Crippen LogP contribution in [0, 0.1) is 12.8 Å². The lowest BCUT2D eigenvalue weighted by Crippen LogP contribution is -2.20. The zero-order valence-corrected chi connectivity index (χ0v) is 11.7. The van der Waals surface area contributed by atoms with Gasteiger partial charge in [-0.05, 0) is 55.7 Å². The maximum atomic E-state index is 12.2. The Hall–Kier alpha value is -2.03. The molecule has 0 bridgehead atoms. The van der Waals surface area contributed by atoms with E-state index in [1.54, 1.807) is 6.26 Å². The van der Waals surface area contributed by atoms with Crippen LogP contribution in [0.2, 0.25) is 0 Å². The zero-order chi connectivity index (χ0) is 13.9. The van der Waals surface area contributed by atoms with Crippen LogP contribution in [0.15, 0.2) is 41.0 Å². The highest BCUT2D eigenvalue weighted by molar-refractivity contribution is 5.93. The number of furan rings is 1. The van der Waals surface area contributed by atoms with Crippen molar-refractivity contribution in [2.75, 3.05) is 5.32 Å². The molecule has 1 aliphatic rings. The Morgan fingerprint density at radius 1 is 1.25 bits per heavy atom. The molecule has 0 spiro atoms. The summed E-state index contributed by atoms with van der Waals surface area (Å²) in [6.07, 6.45) is 6.06. The standard InChI is InChI=1S/C17H19NO2/c1-12-11-14(16-7-4-10-20-16)8-9-15(12)18-17(19)13-5-2-3-6-13/h4,7-11,13H,2-3,5-6H2,1H3,(H,18,19). The van der Waals surface area contributed by atoms with E-state index in [4.69, 9.17) is 4.42 Å². The van der Waals surface area contributed by atoms with E-state index in [1.165, 1.54) is 12.8 Å². The SMILES string of the molecule is Cc1cc(-c2ccco2)ccc1NC(=O)C1CCCC1. The molecule has 1 aliphatic carbocycles. The highest BCUT2D eigenvalue weighted by Crippen LogP contribution is 2.28. The largest absolute Gasteiger partial charge is 0.464 e. The van der Waals surface area contributed by atoms with Crippen molar-refractivity contribution in [2.24, 2.45) is 5.92 Å². The Morgan fingerprint density at radius 3 is 2.70 bits per heavy atom. The highest BCUT2D eigenvalue weighted by atomic mass is 16.3. The van der Waals surface area contributed by atoms with E-state index >= 15 is 0 Å². The van der Waals surface area contributed by atoms with Gasteiger partial charge in [0.2, 0.25) is 5.91 Å². The molecule has 0 atom stereocenters. The number of aryl methyl sites for hydroxylation is 1. The number of benzene rings is 1. The fraction of sp³-hybridized carbons (Fsp3) is 0.353. The molecule has 104 valence electrons. The minimum atomic E-state index is 0.163. The molecule has 1 saturated carbocycles. The molecular formula is C17H19NO2. The minimum absolute atomic E-state index is 0.163. The molecule has 0 unspecified atom stereocenters. The summed E-state index contributed by atoms with van der Waals surface area (Å²) < 4.78 is 5.39. The van der Waals surface area contributed by atoms with Crippen molar-refractivity contribution in [3.63, 3.8) is 0 Å². The van der Waals surface area contributed by atoms with Crippen molar-refractivity contribution in [2.45, 2.75) is 32.6 Å². The average molecular weight is 269 g/mol. The lowest BCUT2D eigenvalue weighted by Gasteiger charge is -2.13. The second kappa shape index (κ2) is 5.53. The van der Waals surface area contributed by atoms with Crippen molar-refractivity contribution in [1.82, 2.24) is 0 Å². The van der Waals surface area contributed by atoms with Crippen LogP contribution in [0.5, 0.6) is 0 Å². The molecule has 1 aromatic heterocycles. The van der Waals surface area contributed by atoms with Gasteiger partial charge in [-0.3, -0.25) is 4.79 Å². The first kappa shape index (κ1) is 13.0. The molecule has 0 saturated heterocycles. The third-order valence-electron chi connectivity index (χ3n) is 4.02. The first-order valence-electron chi connectivity index (χ1n) is 7.19. The monoisotopic (exact) mass is 269 g/mol. The third-order valence-corrected chi connectivity index (χ3v) is 4.02. The lowest BCUT2D eigenvalue weighted by atomic mass is 10.1. The molecule has 3 heteroatoms. The van der Waals surface area contributed by atoms with E-state index in [0.29, 0.717) is 0 Å². The van der Waals surface area contributed by atoms with Gasteiger partial charge in [0.15, 0.2) is 0 Å². The highest BCUT2D eigenvalue weighted by Gasteiger charge is 2.22. The van der Waals surface area contributed by atoms with Gasteiger partial charge in [-0.25, -0.2) is 0 Å². The molecule has 0 aliphatic heterocycles. The number of hydrogen-bond donors (Lipinski definition) is 1. The first-order chi connectivity index (χ1) is 9.74. The lowest BCUT2D eigenvalue weighted by molar-refractivity contribution is -0.119. The van der Waals surface area contributed by atoms with E-state index in [0.717, 1.165) is 35.4 Å². The summed E-state index contributed by atoms with van der Waals surface area (Å²) in [5, 5.41) is 3.06. The number of carbonyl (C=O) groups is 1. The topological polar surface area (TPSA) is 42.2 Å². The molecule has 1 fully saturated rings. The van der Waals surface area contributed by atoms with E-state index < -0.39 is 0 Å². The summed E-state index contributed by atoms with van der Waals surface area (Å²) in [6.45, 7) is 2.01. The van der Waals surface area contributed by atoms with E-state index in [-0.39, 0.29) is 11.8 Å². The van der Waals surface area contributed by atoms with Crippen LogP contribution in [0.4, 0.5) is 5.69 Å². The van der Waals surface area contributed by atoms with Gasteiger partial charge < -0.3 is 9.73 Å². The van der Waals surface area contributed by atoms with Crippen molar-refractivity contribution in [3.05, 3.63) is 42.2 Å². The molecule has 3 nitrogen and oxygen atoms in total. The third kappa shape index (κ3) is 2.62. The van der Waals surface area contributed by atoms with Gasteiger partial charge in [-0.15, -0.1) is 0 Å². The molecule has 20 heavy (non-hydrogen) atoms. The maximum Gasteiger partial charge on any atom is 0.227 e. The Morgan fingerprint density at radius 2 is 2.05 bits per heavy atom. The summed E-state index contributed by atoms with van der Waals surface area (Å²) in [6, 6.07) is 9.80. The van der Waals surface area contributed by atoms with Crippen LogP contribution in [0.25, 0.3) is 11.3 Å². The van der Waals surface area contributed by atoms with E-state index in [1.807, 2.05) is 37.3 Å². The van der Waals surface area contributed by atoms with Gasteiger partial charge >= 0.3 is 0 Å². The number of nitrogens with one attached hydrogen (secondary N) is 1. The number of rotatable bonds is 3. The summed E-state index contributed by atoms with van der Waals surface area (Å²) >= 11 is 0. The van der Waals surface area contributed by atoms with Crippen LogP contribution in [-0.2, 0) is 4.79 Å². The molecule has 1 aromatic carbocycles. The molecule has 3 rings (SSSR count). The summed E-state index contributed by atoms with van der Waals surface area (Å²) in [5.74, 6) is 1.21. The fourth-order valence-electron chi connectivity index (χ4n) is 2.82. The van der Waals surface area contributed by atoms with Crippen LogP contribution < -0.4 is 5.32 Å². The molecule has 2 aromatic rings. The molecule has 0 radical (unpaired) electrons. The van der Waals surface area contributed by atoms with Crippen molar-refractivity contribution >= 4 is 11.6 Å². The summed E-state index contributed by atoms with van der Waals surface area (Å²) in [5.41, 5.74) is 2.99. The summed E-state index contributed by atoms with van der Waals surface area (Å²) in [4.78, 5) is 12.2. The molecule has 1 amide bonds. The Balaban J connectivity index is 1.76. The van der Waals surface area contributed by atoms with Crippen molar-refractivity contribution in [1.29, 1.82) is 0 Å². The quantitative estimate of drug-likeness (QED) is 0.898. The second-order valence-corrected chi connectivity index (χ2v) is 5.48. The van der Waals surface area contributed by atoms with Gasteiger partial charge in [0, 0.05) is 17.2 Å². The fourth-order valence-corrected chi connectivity index (χ4v) is 2.82. The maximum absolute atomic E-state index is 12.2. The second-order valence-electron chi connectivity index (χ2n) is 5.48. The van der Waals surface area contributed by atoms with Crippen LogP contribution >= 0.6 is 0 Å². The van der Waals surface area contributed by atoms with Gasteiger partial charge in [0.25, 0.3) is 0 Å². The normalized spacial score (nSPS) is 15.4. The Kier molecular flexibility index (Phi) is 3.59. The van der Waals surface area contributed by atoms with Crippen LogP contribution in [-0.4, -0.2) is 5.91 Å². The summed E-state index contributed by atoms with van der Waals surface area (Å²) in [7, 11) is 0. The number of hydrogen-bond acceptors (Lipinski definition) is 2. The Bertz CT molecular complexity index is 595. The first-order valence-corrected chi connectivity index (χ1v) is 7.19. The van der Waals surface area contributed by atoms with Crippen molar-refractivity contribution in [3.8, 4) is 11.3 Å². The van der Waals surface area contributed by atoms with Gasteiger partial charge in [0.05, 0.1) is 6.26 Å². The zero-order valence-electron chi connectivity index (χ0n) is 11.7. The predicted octanol–water partition coefficient (Wildman–Crippen LogP) is 4.38. The number of amides is 1. The van der Waals surface area contributed by atoms with E-state index in [9.17, 15) is 4.79 Å². The molecule has 1 heterocycles. The van der Waals surface area contributed by atoms with Gasteiger partial charge in [0.1, 0.15) is 5.76 Å².